The van der Waals surface area contributed by atoms with Crippen LogP contribution in [0.2, 0.25) is 0 Å². The van der Waals surface area contributed by atoms with Crippen LogP contribution in [0.15, 0.2) is 60.9 Å². The molecule has 0 radical (unpaired) electrons. The Morgan fingerprint density at radius 3 is 2.70 bits per heavy atom. The molecular weight excluding hydrogens is 478 g/mol. The summed E-state index contributed by atoms with van der Waals surface area (Å²) >= 11 is 1.78. The standard InChI is InChI=1S/C29H27N7S/c1-18-8-11-25(37-18)21-6-5-7-23-26(21)33-29(32-23)28-27-24(34-35-28)10-9-22(31-27)20-14-19(15-30-16-20)17-36-12-3-2-4-13-36/h5-11,14-16H,2-4,12-13,17H2,1H3,(H,32,33)(H,34,35). The van der Waals surface area contributed by atoms with E-state index in [4.69, 9.17) is 9.97 Å². The maximum atomic E-state index is 5.02. The summed E-state index contributed by atoms with van der Waals surface area (Å²) in [5.74, 6) is 0.712. The van der Waals surface area contributed by atoms with Crippen LogP contribution in [0.5, 0.6) is 0 Å². The van der Waals surface area contributed by atoms with Gasteiger partial charge in [0.25, 0.3) is 0 Å². The van der Waals surface area contributed by atoms with E-state index in [1.807, 2.05) is 24.5 Å². The van der Waals surface area contributed by atoms with E-state index < -0.39 is 0 Å². The van der Waals surface area contributed by atoms with E-state index in [1.165, 1.54) is 34.6 Å². The molecule has 8 heteroatoms. The van der Waals surface area contributed by atoms with Crippen molar-refractivity contribution in [1.29, 1.82) is 0 Å². The second kappa shape index (κ2) is 9.21. The number of pyridine rings is 2. The summed E-state index contributed by atoms with van der Waals surface area (Å²) in [6.45, 7) is 5.39. The van der Waals surface area contributed by atoms with Gasteiger partial charge in [-0.05, 0) is 74.8 Å². The first-order valence-corrected chi connectivity index (χ1v) is 13.6. The number of aromatic amines is 2. The van der Waals surface area contributed by atoms with Gasteiger partial charge in [-0.2, -0.15) is 5.10 Å². The quantitative estimate of drug-likeness (QED) is 0.276. The van der Waals surface area contributed by atoms with Gasteiger partial charge in [0.1, 0.15) is 5.52 Å². The lowest BCUT2D eigenvalue weighted by Gasteiger charge is -2.26. The van der Waals surface area contributed by atoms with Crippen molar-refractivity contribution in [2.45, 2.75) is 32.7 Å². The van der Waals surface area contributed by atoms with Crippen LogP contribution in [0.25, 0.3) is 55.3 Å². The molecule has 0 atom stereocenters. The number of imidazole rings is 1. The number of nitrogens with zero attached hydrogens (tertiary/aromatic N) is 5. The Morgan fingerprint density at radius 2 is 1.84 bits per heavy atom. The number of hydrogen-bond acceptors (Lipinski definition) is 6. The number of H-pyrrole nitrogens is 2. The Balaban J connectivity index is 1.26. The largest absolute Gasteiger partial charge is 0.336 e. The third-order valence-corrected chi connectivity index (χ3v) is 8.13. The molecule has 2 N–H and O–H groups in total. The molecule has 1 saturated heterocycles. The van der Waals surface area contributed by atoms with Gasteiger partial charge >= 0.3 is 0 Å². The second-order valence-corrected chi connectivity index (χ2v) is 11.1. The summed E-state index contributed by atoms with van der Waals surface area (Å²) < 4.78 is 0. The molecule has 7 nitrogen and oxygen atoms in total. The fourth-order valence-electron chi connectivity index (χ4n) is 5.24. The van der Waals surface area contributed by atoms with Crippen LogP contribution in [0, 0.1) is 6.92 Å². The maximum absolute atomic E-state index is 5.02. The third kappa shape index (κ3) is 4.22. The topological polar surface area (TPSA) is 86.4 Å². The molecular formula is C29H27N7S. The molecule has 5 aromatic heterocycles. The molecule has 0 saturated carbocycles. The van der Waals surface area contributed by atoms with E-state index in [9.17, 15) is 0 Å². The summed E-state index contributed by atoms with van der Waals surface area (Å²) in [7, 11) is 0. The van der Waals surface area contributed by atoms with Gasteiger partial charge in [0.05, 0.1) is 22.2 Å². The van der Waals surface area contributed by atoms with Crippen molar-refractivity contribution in [1.82, 2.24) is 35.0 Å². The third-order valence-electron chi connectivity index (χ3n) is 7.10. The zero-order valence-corrected chi connectivity index (χ0v) is 21.5. The molecule has 7 rings (SSSR count). The molecule has 6 aromatic rings. The number of para-hydroxylation sites is 1. The van der Waals surface area contributed by atoms with E-state index in [0.717, 1.165) is 64.2 Å². The van der Waals surface area contributed by atoms with Crippen molar-refractivity contribution in [3.8, 4) is 33.2 Å². The highest BCUT2D eigenvalue weighted by Crippen LogP contribution is 2.34. The predicted molar refractivity (Wildman–Crippen MR) is 149 cm³/mol. The summed E-state index contributed by atoms with van der Waals surface area (Å²) in [4.78, 5) is 23.0. The molecule has 0 aliphatic carbocycles. The summed E-state index contributed by atoms with van der Waals surface area (Å²) in [6.07, 6.45) is 7.77. The van der Waals surface area contributed by atoms with Crippen molar-refractivity contribution in [3.05, 3.63) is 71.4 Å². The molecule has 184 valence electrons. The Labute approximate surface area is 218 Å². The average molecular weight is 506 g/mol. The lowest BCUT2D eigenvalue weighted by Crippen LogP contribution is -2.29. The fraction of sp³-hybridized carbons (Fsp3) is 0.241. The van der Waals surface area contributed by atoms with E-state index in [2.05, 4.69) is 68.4 Å². The van der Waals surface area contributed by atoms with Crippen LogP contribution >= 0.6 is 11.3 Å². The predicted octanol–water partition coefficient (Wildman–Crippen LogP) is 6.59. The average Bonchev–Trinajstić information content (AvgIpc) is 3.66. The van der Waals surface area contributed by atoms with Crippen LogP contribution < -0.4 is 0 Å². The number of rotatable bonds is 5. The molecule has 0 bridgehead atoms. The van der Waals surface area contributed by atoms with Gasteiger partial charge in [-0.15, -0.1) is 11.3 Å². The van der Waals surface area contributed by atoms with Crippen molar-refractivity contribution >= 4 is 33.4 Å². The number of piperidine rings is 1. The van der Waals surface area contributed by atoms with Crippen molar-refractivity contribution in [2.24, 2.45) is 0 Å². The molecule has 0 amide bonds. The minimum Gasteiger partial charge on any atom is -0.336 e. The molecule has 37 heavy (non-hydrogen) atoms. The lowest BCUT2D eigenvalue weighted by molar-refractivity contribution is 0.220. The maximum Gasteiger partial charge on any atom is 0.161 e. The summed E-state index contributed by atoms with van der Waals surface area (Å²) in [5.41, 5.74) is 8.58. The van der Waals surface area contributed by atoms with Gasteiger partial charge in [-0.3, -0.25) is 15.0 Å². The van der Waals surface area contributed by atoms with E-state index >= 15 is 0 Å². The molecule has 6 heterocycles. The number of aromatic nitrogens is 6. The number of fused-ring (bicyclic) bond motifs is 2. The number of benzene rings is 1. The highest BCUT2D eigenvalue weighted by Gasteiger charge is 2.18. The smallest absolute Gasteiger partial charge is 0.161 e. The molecule has 1 aliphatic rings. The zero-order valence-electron chi connectivity index (χ0n) is 20.7. The summed E-state index contributed by atoms with van der Waals surface area (Å²) in [6, 6.07) is 16.8. The van der Waals surface area contributed by atoms with E-state index in [0.29, 0.717) is 5.82 Å². The number of likely N-dealkylation sites (tertiary alicyclic amines) is 1. The second-order valence-electron chi connectivity index (χ2n) is 9.78. The first-order valence-electron chi connectivity index (χ1n) is 12.8. The minimum atomic E-state index is 0.712. The van der Waals surface area contributed by atoms with Gasteiger partial charge in [-0.1, -0.05) is 18.6 Å². The van der Waals surface area contributed by atoms with E-state index in [-0.39, 0.29) is 0 Å². The van der Waals surface area contributed by atoms with Crippen molar-refractivity contribution in [3.63, 3.8) is 0 Å². The normalized spacial score (nSPS) is 14.6. The Bertz CT molecular complexity index is 1720. The molecule has 1 aromatic carbocycles. The Kier molecular flexibility index (Phi) is 5.56. The van der Waals surface area contributed by atoms with Gasteiger partial charge in [-0.25, -0.2) is 9.97 Å². The van der Waals surface area contributed by atoms with Gasteiger partial charge < -0.3 is 4.98 Å². The number of nitrogens with one attached hydrogen (secondary N) is 2. The van der Waals surface area contributed by atoms with Crippen molar-refractivity contribution in [2.75, 3.05) is 13.1 Å². The van der Waals surface area contributed by atoms with Crippen LogP contribution in [-0.4, -0.2) is 48.1 Å². The van der Waals surface area contributed by atoms with E-state index in [1.54, 1.807) is 11.3 Å². The zero-order chi connectivity index (χ0) is 24.8. The molecule has 0 unspecified atom stereocenters. The fourth-order valence-corrected chi connectivity index (χ4v) is 6.13. The van der Waals surface area contributed by atoms with Gasteiger partial charge in [0, 0.05) is 39.8 Å². The van der Waals surface area contributed by atoms with Crippen LogP contribution in [-0.2, 0) is 6.54 Å². The minimum absolute atomic E-state index is 0.712. The number of hydrogen-bond donors (Lipinski definition) is 2. The van der Waals surface area contributed by atoms with Gasteiger partial charge in [0.2, 0.25) is 0 Å². The van der Waals surface area contributed by atoms with Crippen LogP contribution in [0.4, 0.5) is 0 Å². The first-order chi connectivity index (χ1) is 18.2. The van der Waals surface area contributed by atoms with Gasteiger partial charge in [0.15, 0.2) is 11.5 Å². The molecule has 0 spiro atoms. The highest BCUT2D eigenvalue weighted by molar-refractivity contribution is 7.15. The SMILES string of the molecule is Cc1ccc(-c2cccc3[nH]c(-c4n[nH]c5ccc(-c6cncc(CN7CCCCC7)c6)nc45)nc23)s1. The van der Waals surface area contributed by atoms with Crippen molar-refractivity contribution < 1.29 is 0 Å². The number of aryl methyl sites for hydroxylation is 1. The molecule has 1 fully saturated rings. The Hall–Kier alpha value is -3.88. The molecule has 1 aliphatic heterocycles. The summed E-state index contributed by atoms with van der Waals surface area (Å²) in [5, 5.41) is 7.73. The van der Waals surface area contributed by atoms with Crippen LogP contribution in [0.3, 0.4) is 0 Å². The monoisotopic (exact) mass is 505 g/mol. The Morgan fingerprint density at radius 1 is 0.919 bits per heavy atom. The van der Waals surface area contributed by atoms with Crippen LogP contribution in [0.1, 0.15) is 29.7 Å². The highest BCUT2D eigenvalue weighted by atomic mass is 32.1. The lowest BCUT2D eigenvalue weighted by atomic mass is 10.1. The number of thiophene rings is 1. The first kappa shape index (κ1) is 22.3.